The van der Waals surface area contributed by atoms with Crippen molar-refractivity contribution in [2.75, 3.05) is 26.6 Å². The fourth-order valence-electron chi connectivity index (χ4n) is 2.53. The Hall–Kier alpha value is -3.02. The minimum absolute atomic E-state index is 0.524. The molecule has 0 saturated carbocycles. The van der Waals surface area contributed by atoms with Crippen molar-refractivity contribution in [3.8, 4) is 17.2 Å². The normalized spacial score (nSPS) is 10.5. The first-order chi connectivity index (χ1) is 11.8. The minimum atomic E-state index is 0.524. The van der Waals surface area contributed by atoms with Gasteiger partial charge in [0.2, 0.25) is 5.75 Å². The maximum absolute atomic E-state index is 5.49. The molecule has 0 unspecified atom stereocenters. The van der Waals surface area contributed by atoms with E-state index < -0.39 is 0 Å². The molecule has 6 nitrogen and oxygen atoms in total. The molecule has 2 aromatic carbocycles. The standard InChI is InChI=1S/C18H19N3O3/c1-22-15-9-8-12(17(23-2)18(15)24-3)10-20-16-11-19-13-6-4-5-7-14(13)21-16/h4-9,11H,10H2,1-3H3,(H,20,21). The van der Waals surface area contributed by atoms with E-state index in [1.54, 1.807) is 27.5 Å². The molecule has 0 saturated heterocycles. The van der Waals surface area contributed by atoms with Crippen LogP contribution in [0.2, 0.25) is 0 Å². The molecule has 0 spiro atoms. The summed E-state index contributed by atoms with van der Waals surface area (Å²) < 4.78 is 16.2. The molecule has 124 valence electrons. The van der Waals surface area contributed by atoms with Crippen LogP contribution in [0.25, 0.3) is 11.0 Å². The first-order valence-corrected chi connectivity index (χ1v) is 7.50. The van der Waals surface area contributed by atoms with Gasteiger partial charge in [-0.3, -0.25) is 4.98 Å². The van der Waals surface area contributed by atoms with E-state index in [-0.39, 0.29) is 0 Å². The lowest BCUT2D eigenvalue weighted by Crippen LogP contribution is -2.05. The molecule has 1 heterocycles. The van der Waals surface area contributed by atoms with E-state index in [2.05, 4.69) is 15.3 Å². The van der Waals surface area contributed by atoms with Gasteiger partial charge in [-0.2, -0.15) is 0 Å². The van der Waals surface area contributed by atoms with E-state index in [1.165, 1.54) is 0 Å². The van der Waals surface area contributed by atoms with E-state index in [0.29, 0.717) is 29.6 Å². The summed E-state index contributed by atoms with van der Waals surface area (Å²) >= 11 is 0. The Labute approximate surface area is 140 Å². The van der Waals surface area contributed by atoms with Crippen molar-refractivity contribution in [2.45, 2.75) is 6.54 Å². The van der Waals surface area contributed by atoms with Crippen molar-refractivity contribution >= 4 is 16.9 Å². The van der Waals surface area contributed by atoms with Gasteiger partial charge in [0.25, 0.3) is 0 Å². The van der Waals surface area contributed by atoms with Gasteiger partial charge in [-0.25, -0.2) is 4.98 Å². The maximum Gasteiger partial charge on any atom is 0.203 e. The van der Waals surface area contributed by atoms with Crippen molar-refractivity contribution < 1.29 is 14.2 Å². The van der Waals surface area contributed by atoms with E-state index in [4.69, 9.17) is 14.2 Å². The average Bonchev–Trinajstić information content (AvgIpc) is 2.65. The fraction of sp³-hybridized carbons (Fsp3) is 0.222. The van der Waals surface area contributed by atoms with Crippen molar-refractivity contribution in [1.29, 1.82) is 0 Å². The average molecular weight is 325 g/mol. The molecule has 0 aliphatic heterocycles. The lowest BCUT2D eigenvalue weighted by molar-refractivity contribution is 0.322. The molecular weight excluding hydrogens is 306 g/mol. The number of benzene rings is 2. The molecule has 6 heteroatoms. The highest BCUT2D eigenvalue weighted by Crippen LogP contribution is 2.39. The van der Waals surface area contributed by atoms with Crippen LogP contribution < -0.4 is 19.5 Å². The number of ether oxygens (including phenoxy) is 3. The summed E-state index contributed by atoms with van der Waals surface area (Å²) in [6.45, 7) is 0.524. The number of hydrogen-bond acceptors (Lipinski definition) is 6. The third-order valence-corrected chi connectivity index (χ3v) is 3.69. The van der Waals surface area contributed by atoms with Gasteiger partial charge < -0.3 is 19.5 Å². The number of nitrogens with zero attached hydrogens (tertiary/aromatic N) is 2. The molecule has 0 amide bonds. The molecular formula is C18H19N3O3. The largest absolute Gasteiger partial charge is 0.493 e. The van der Waals surface area contributed by atoms with Gasteiger partial charge in [-0.15, -0.1) is 0 Å². The van der Waals surface area contributed by atoms with Crippen molar-refractivity contribution in [1.82, 2.24) is 9.97 Å². The minimum Gasteiger partial charge on any atom is -0.493 e. The Kier molecular flexibility index (Phi) is 4.65. The number of rotatable bonds is 6. The summed E-state index contributed by atoms with van der Waals surface area (Å²) in [6, 6.07) is 11.5. The monoisotopic (exact) mass is 325 g/mol. The van der Waals surface area contributed by atoms with E-state index >= 15 is 0 Å². The lowest BCUT2D eigenvalue weighted by atomic mass is 10.1. The molecule has 1 aromatic heterocycles. The molecule has 0 aliphatic carbocycles. The zero-order valence-electron chi connectivity index (χ0n) is 13.9. The van der Waals surface area contributed by atoms with Crippen LogP contribution in [0.15, 0.2) is 42.6 Å². The SMILES string of the molecule is COc1ccc(CNc2cnc3ccccc3n2)c(OC)c1OC. The Morgan fingerprint density at radius 2 is 1.62 bits per heavy atom. The van der Waals surface area contributed by atoms with Gasteiger partial charge in [0.15, 0.2) is 11.5 Å². The molecule has 3 aromatic rings. The van der Waals surface area contributed by atoms with Crippen LogP contribution in [0, 0.1) is 0 Å². The number of para-hydroxylation sites is 2. The molecule has 0 atom stereocenters. The Morgan fingerprint density at radius 3 is 2.33 bits per heavy atom. The molecule has 0 bridgehead atoms. The quantitative estimate of drug-likeness (QED) is 0.750. The Bertz CT molecular complexity index is 852. The van der Waals surface area contributed by atoms with Gasteiger partial charge >= 0.3 is 0 Å². The molecule has 1 N–H and O–H groups in total. The zero-order valence-corrected chi connectivity index (χ0v) is 13.9. The van der Waals surface area contributed by atoms with Crippen LogP contribution >= 0.6 is 0 Å². The maximum atomic E-state index is 5.49. The number of hydrogen-bond donors (Lipinski definition) is 1. The van der Waals surface area contributed by atoms with Crippen LogP contribution in [0.5, 0.6) is 17.2 Å². The first-order valence-electron chi connectivity index (χ1n) is 7.50. The van der Waals surface area contributed by atoms with Crippen LogP contribution in [0.3, 0.4) is 0 Å². The van der Waals surface area contributed by atoms with E-state index in [9.17, 15) is 0 Å². The molecule has 24 heavy (non-hydrogen) atoms. The van der Waals surface area contributed by atoms with Crippen LogP contribution in [0.4, 0.5) is 5.82 Å². The number of fused-ring (bicyclic) bond motifs is 1. The first kappa shape index (κ1) is 15.9. The molecule has 0 radical (unpaired) electrons. The Morgan fingerprint density at radius 1 is 0.875 bits per heavy atom. The predicted octanol–water partition coefficient (Wildman–Crippen LogP) is 3.27. The highest BCUT2D eigenvalue weighted by molar-refractivity contribution is 5.75. The number of nitrogens with one attached hydrogen (secondary N) is 1. The van der Waals surface area contributed by atoms with Gasteiger partial charge in [0, 0.05) is 12.1 Å². The summed E-state index contributed by atoms with van der Waals surface area (Å²) in [5.41, 5.74) is 2.65. The Balaban J connectivity index is 1.85. The van der Waals surface area contributed by atoms with Crippen molar-refractivity contribution in [3.05, 3.63) is 48.2 Å². The second-order valence-electron chi connectivity index (χ2n) is 5.09. The van der Waals surface area contributed by atoms with Gasteiger partial charge in [0.05, 0.1) is 38.6 Å². The fourth-order valence-corrected chi connectivity index (χ4v) is 2.53. The van der Waals surface area contributed by atoms with Gasteiger partial charge in [-0.1, -0.05) is 12.1 Å². The van der Waals surface area contributed by atoms with E-state index in [1.807, 2.05) is 36.4 Å². The summed E-state index contributed by atoms with van der Waals surface area (Å²) in [4.78, 5) is 8.95. The van der Waals surface area contributed by atoms with Crippen LogP contribution in [-0.4, -0.2) is 31.3 Å². The third kappa shape index (κ3) is 3.03. The van der Waals surface area contributed by atoms with Crippen molar-refractivity contribution in [3.63, 3.8) is 0 Å². The van der Waals surface area contributed by atoms with Gasteiger partial charge in [-0.05, 0) is 24.3 Å². The van der Waals surface area contributed by atoms with Crippen LogP contribution in [-0.2, 0) is 6.54 Å². The van der Waals surface area contributed by atoms with Crippen molar-refractivity contribution in [2.24, 2.45) is 0 Å². The zero-order chi connectivity index (χ0) is 16.9. The number of methoxy groups -OCH3 is 3. The highest BCUT2D eigenvalue weighted by atomic mass is 16.5. The topological polar surface area (TPSA) is 65.5 Å². The second-order valence-corrected chi connectivity index (χ2v) is 5.09. The summed E-state index contributed by atoms with van der Waals surface area (Å²) in [5.74, 6) is 2.54. The second kappa shape index (κ2) is 7.04. The summed E-state index contributed by atoms with van der Waals surface area (Å²) in [7, 11) is 4.79. The number of anilines is 1. The highest BCUT2D eigenvalue weighted by Gasteiger charge is 2.15. The molecule has 3 rings (SSSR count). The number of aromatic nitrogens is 2. The smallest absolute Gasteiger partial charge is 0.203 e. The molecule has 0 aliphatic rings. The predicted molar refractivity (Wildman–Crippen MR) is 93.0 cm³/mol. The van der Waals surface area contributed by atoms with E-state index in [0.717, 1.165) is 16.6 Å². The molecule has 0 fully saturated rings. The summed E-state index contributed by atoms with van der Waals surface area (Å²) in [5, 5.41) is 3.27. The summed E-state index contributed by atoms with van der Waals surface area (Å²) in [6.07, 6.45) is 1.72. The van der Waals surface area contributed by atoms with Crippen LogP contribution in [0.1, 0.15) is 5.56 Å². The van der Waals surface area contributed by atoms with Gasteiger partial charge in [0.1, 0.15) is 5.82 Å². The lowest BCUT2D eigenvalue weighted by Gasteiger charge is -2.16. The third-order valence-electron chi connectivity index (χ3n) is 3.69.